The molecule has 0 bridgehead atoms. The fourth-order valence-electron chi connectivity index (χ4n) is 1.31. The summed E-state index contributed by atoms with van der Waals surface area (Å²) in [5, 5.41) is 16.8. The van der Waals surface area contributed by atoms with Crippen molar-refractivity contribution in [2.45, 2.75) is 12.5 Å². The first-order chi connectivity index (χ1) is 5.86. The summed E-state index contributed by atoms with van der Waals surface area (Å²) in [5.41, 5.74) is 0. The van der Waals surface area contributed by atoms with Gasteiger partial charge in [-0.3, -0.25) is 0 Å². The van der Waals surface area contributed by atoms with E-state index in [0.29, 0.717) is 12.5 Å². The smallest absolute Gasteiger partial charge is 0.245 e. The van der Waals surface area contributed by atoms with Crippen LogP contribution >= 0.6 is 0 Å². The van der Waals surface area contributed by atoms with Crippen molar-refractivity contribution in [2.75, 3.05) is 18.0 Å². The van der Waals surface area contributed by atoms with Crippen LogP contribution in [0.4, 0.5) is 5.95 Å². The number of aliphatic hydroxyl groups excluding tert-OH is 1. The minimum absolute atomic E-state index is 0.242. The first kappa shape index (κ1) is 7.42. The van der Waals surface area contributed by atoms with Gasteiger partial charge in [-0.25, -0.2) is 4.98 Å². The van der Waals surface area contributed by atoms with E-state index >= 15 is 0 Å². The van der Waals surface area contributed by atoms with Crippen LogP contribution in [0.5, 0.6) is 0 Å². The number of aromatic nitrogens is 3. The van der Waals surface area contributed by atoms with Crippen LogP contribution in [0.25, 0.3) is 0 Å². The van der Waals surface area contributed by atoms with Gasteiger partial charge in [0.05, 0.1) is 18.5 Å². The molecule has 0 spiro atoms. The Balaban J connectivity index is 2.11. The molecule has 12 heavy (non-hydrogen) atoms. The Bertz CT molecular complexity index is 253. The predicted molar refractivity (Wildman–Crippen MR) is 42.7 cm³/mol. The van der Waals surface area contributed by atoms with Gasteiger partial charge in [0.15, 0.2) is 0 Å². The Morgan fingerprint density at radius 1 is 1.50 bits per heavy atom. The Labute approximate surface area is 70.1 Å². The second-order valence-corrected chi connectivity index (χ2v) is 2.83. The zero-order chi connectivity index (χ0) is 8.39. The quantitative estimate of drug-likeness (QED) is 0.606. The third kappa shape index (κ3) is 1.35. The Morgan fingerprint density at radius 3 is 3.00 bits per heavy atom. The Hall–Kier alpha value is -1.23. The summed E-state index contributed by atoms with van der Waals surface area (Å²) < 4.78 is 0. The molecule has 2 rings (SSSR count). The molecule has 1 aliphatic heterocycles. The first-order valence-corrected chi connectivity index (χ1v) is 3.93. The molecule has 1 saturated heterocycles. The summed E-state index contributed by atoms with van der Waals surface area (Å²) in [6, 6.07) is 0. The van der Waals surface area contributed by atoms with E-state index in [0.717, 1.165) is 13.0 Å². The summed E-state index contributed by atoms with van der Waals surface area (Å²) in [6.45, 7) is 1.43. The number of anilines is 1. The molecule has 1 aromatic rings. The monoisotopic (exact) mass is 166 g/mol. The summed E-state index contributed by atoms with van der Waals surface area (Å²) in [4.78, 5) is 5.96. The van der Waals surface area contributed by atoms with Gasteiger partial charge >= 0.3 is 0 Å². The molecule has 1 fully saturated rings. The van der Waals surface area contributed by atoms with Crippen molar-refractivity contribution in [2.24, 2.45) is 0 Å². The summed E-state index contributed by atoms with van der Waals surface area (Å²) in [5.74, 6) is 0.606. The van der Waals surface area contributed by atoms with Crippen LogP contribution in [-0.2, 0) is 0 Å². The number of β-amino-alcohol motifs (C(OH)–C–C–N with tert-alkyl or cyclic N) is 1. The molecule has 1 aliphatic rings. The zero-order valence-corrected chi connectivity index (χ0v) is 6.59. The molecule has 64 valence electrons. The maximum absolute atomic E-state index is 9.24. The number of hydrogen-bond donors (Lipinski definition) is 1. The lowest BCUT2D eigenvalue weighted by Gasteiger charge is -2.12. The minimum atomic E-state index is -0.242. The summed E-state index contributed by atoms with van der Waals surface area (Å²) in [6.07, 6.45) is 3.69. The van der Waals surface area contributed by atoms with E-state index in [-0.39, 0.29) is 6.10 Å². The third-order valence-electron chi connectivity index (χ3n) is 1.92. The lowest BCUT2D eigenvalue weighted by Crippen LogP contribution is -2.23. The topological polar surface area (TPSA) is 62.1 Å². The molecule has 5 nitrogen and oxygen atoms in total. The molecular weight excluding hydrogens is 156 g/mol. The van der Waals surface area contributed by atoms with Crippen molar-refractivity contribution in [1.82, 2.24) is 15.2 Å². The largest absolute Gasteiger partial charge is 0.391 e. The molecular formula is C7H10N4O. The van der Waals surface area contributed by atoms with Gasteiger partial charge in [0.25, 0.3) is 0 Å². The van der Waals surface area contributed by atoms with E-state index in [1.807, 2.05) is 4.90 Å². The number of aliphatic hydroxyl groups is 1. The molecule has 1 N–H and O–H groups in total. The second-order valence-electron chi connectivity index (χ2n) is 2.83. The van der Waals surface area contributed by atoms with Crippen LogP contribution in [0.1, 0.15) is 6.42 Å². The highest BCUT2D eigenvalue weighted by molar-refractivity contribution is 5.29. The van der Waals surface area contributed by atoms with Crippen LogP contribution in [0.15, 0.2) is 12.4 Å². The molecule has 5 heteroatoms. The normalized spacial score (nSPS) is 23.1. The number of nitrogens with zero attached hydrogens (tertiary/aromatic N) is 4. The highest BCUT2D eigenvalue weighted by atomic mass is 16.3. The molecule has 0 saturated carbocycles. The molecule has 0 amide bonds. The average molecular weight is 166 g/mol. The maximum atomic E-state index is 9.24. The van der Waals surface area contributed by atoms with Crippen molar-refractivity contribution in [1.29, 1.82) is 0 Å². The Morgan fingerprint density at radius 2 is 2.42 bits per heavy atom. The van der Waals surface area contributed by atoms with Crippen LogP contribution in [0.3, 0.4) is 0 Å². The minimum Gasteiger partial charge on any atom is -0.391 e. The lowest BCUT2D eigenvalue weighted by molar-refractivity contribution is 0.198. The fourth-order valence-corrected chi connectivity index (χ4v) is 1.31. The molecule has 1 aromatic heterocycles. The van der Waals surface area contributed by atoms with E-state index in [1.165, 1.54) is 6.20 Å². The maximum Gasteiger partial charge on any atom is 0.245 e. The van der Waals surface area contributed by atoms with E-state index in [2.05, 4.69) is 15.2 Å². The molecule has 0 radical (unpaired) electrons. The van der Waals surface area contributed by atoms with Gasteiger partial charge < -0.3 is 10.0 Å². The van der Waals surface area contributed by atoms with E-state index < -0.39 is 0 Å². The van der Waals surface area contributed by atoms with Crippen molar-refractivity contribution < 1.29 is 5.11 Å². The number of rotatable bonds is 1. The zero-order valence-electron chi connectivity index (χ0n) is 6.59. The Kier molecular flexibility index (Phi) is 1.87. The van der Waals surface area contributed by atoms with Gasteiger partial charge in [-0.05, 0) is 6.42 Å². The molecule has 0 aliphatic carbocycles. The van der Waals surface area contributed by atoms with Gasteiger partial charge in [0.1, 0.15) is 0 Å². The SMILES string of the molecule is OC1CCN(c2nccnn2)C1. The van der Waals surface area contributed by atoms with Gasteiger partial charge in [-0.1, -0.05) is 0 Å². The van der Waals surface area contributed by atoms with E-state index in [1.54, 1.807) is 6.20 Å². The highest BCUT2D eigenvalue weighted by Crippen LogP contribution is 2.13. The molecule has 1 unspecified atom stereocenters. The van der Waals surface area contributed by atoms with E-state index in [9.17, 15) is 5.11 Å². The van der Waals surface area contributed by atoms with Gasteiger partial charge in [0, 0.05) is 13.1 Å². The van der Waals surface area contributed by atoms with Crippen molar-refractivity contribution in [3.05, 3.63) is 12.4 Å². The standard InChI is InChI=1S/C7H10N4O/c12-6-1-4-11(5-6)7-8-2-3-9-10-7/h2-3,6,12H,1,4-5H2. The first-order valence-electron chi connectivity index (χ1n) is 3.93. The van der Waals surface area contributed by atoms with Crippen LogP contribution in [0.2, 0.25) is 0 Å². The summed E-state index contributed by atoms with van der Waals surface area (Å²) >= 11 is 0. The van der Waals surface area contributed by atoms with Gasteiger partial charge in [0.2, 0.25) is 5.95 Å². The van der Waals surface area contributed by atoms with Gasteiger partial charge in [-0.15, -0.1) is 5.10 Å². The lowest BCUT2D eigenvalue weighted by atomic mass is 10.3. The molecule has 1 atom stereocenters. The average Bonchev–Trinajstić information content (AvgIpc) is 2.54. The highest BCUT2D eigenvalue weighted by Gasteiger charge is 2.21. The van der Waals surface area contributed by atoms with Crippen LogP contribution in [-0.4, -0.2) is 39.5 Å². The van der Waals surface area contributed by atoms with Crippen molar-refractivity contribution in [3.63, 3.8) is 0 Å². The fraction of sp³-hybridized carbons (Fsp3) is 0.571. The van der Waals surface area contributed by atoms with Crippen molar-refractivity contribution in [3.8, 4) is 0 Å². The van der Waals surface area contributed by atoms with Gasteiger partial charge in [-0.2, -0.15) is 5.10 Å². The summed E-state index contributed by atoms with van der Waals surface area (Å²) in [7, 11) is 0. The molecule has 0 aromatic carbocycles. The van der Waals surface area contributed by atoms with Crippen LogP contribution < -0.4 is 4.90 Å². The molecule has 2 heterocycles. The second kappa shape index (κ2) is 3.02. The van der Waals surface area contributed by atoms with Crippen LogP contribution in [0, 0.1) is 0 Å². The predicted octanol–water partition coefficient (Wildman–Crippen LogP) is -0.557. The van der Waals surface area contributed by atoms with E-state index in [4.69, 9.17) is 0 Å². The number of hydrogen-bond acceptors (Lipinski definition) is 5. The van der Waals surface area contributed by atoms with Crippen molar-refractivity contribution >= 4 is 5.95 Å². The third-order valence-corrected chi connectivity index (χ3v) is 1.92.